The fraction of sp³-hybridized carbons (Fsp3) is 0.500. The van der Waals surface area contributed by atoms with Crippen LogP contribution in [0.5, 0.6) is 0 Å². The number of hydrogen-bond acceptors (Lipinski definition) is 4. The quantitative estimate of drug-likeness (QED) is 0.727. The second-order valence-corrected chi connectivity index (χ2v) is 6.28. The number of nitrogens with one attached hydrogen (secondary N) is 1. The summed E-state index contributed by atoms with van der Waals surface area (Å²) in [6, 6.07) is 6.72. The van der Waals surface area contributed by atoms with Crippen LogP contribution in [-0.4, -0.2) is 21.6 Å². The van der Waals surface area contributed by atoms with E-state index in [0.717, 1.165) is 5.56 Å². The van der Waals surface area contributed by atoms with Gasteiger partial charge in [0.15, 0.2) is 0 Å². The molecule has 0 radical (unpaired) electrons. The van der Waals surface area contributed by atoms with Gasteiger partial charge in [0.1, 0.15) is 0 Å². The molecule has 6 heteroatoms. The summed E-state index contributed by atoms with van der Waals surface area (Å²) in [6.07, 6.45) is 0.663. The van der Waals surface area contributed by atoms with Gasteiger partial charge in [-0.05, 0) is 30.0 Å². The summed E-state index contributed by atoms with van der Waals surface area (Å²) in [6.45, 7) is 4.76. The fourth-order valence-electron chi connectivity index (χ4n) is 1.37. The lowest BCUT2D eigenvalue weighted by Crippen LogP contribution is -2.27. The Morgan fingerprint density at radius 1 is 1.28 bits per heavy atom. The molecule has 0 aliphatic rings. The minimum Gasteiger partial charge on any atom is -0.304 e. The highest BCUT2D eigenvalue weighted by Gasteiger charge is 2.13. The molecule has 0 spiro atoms. The first-order valence-corrected chi connectivity index (χ1v) is 7.34. The molecule has 18 heavy (non-hydrogen) atoms. The second kappa shape index (κ2) is 6.84. The van der Waals surface area contributed by atoms with Gasteiger partial charge in [0, 0.05) is 6.54 Å². The van der Waals surface area contributed by atoms with Gasteiger partial charge in [-0.3, -0.25) is 0 Å². The third-order valence-electron chi connectivity index (χ3n) is 2.42. The molecule has 0 atom stereocenters. The van der Waals surface area contributed by atoms with Crippen LogP contribution in [0, 0.1) is 5.92 Å². The van der Waals surface area contributed by atoms with Gasteiger partial charge in [-0.1, -0.05) is 26.0 Å². The summed E-state index contributed by atoms with van der Waals surface area (Å²) in [5.74, 6) is 5.22. The van der Waals surface area contributed by atoms with Crippen LogP contribution in [0.3, 0.4) is 0 Å². The molecule has 0 saturated heterocycles. The molecule has 0 heterocycles. The van der Waals surface area contributed by atoms with Crippen molar-refractivity contribution in [1.29, 1.82) is 0 Å². The predicted molar refractivity (Wildman–Crippen MR) is 70.3 cm³/mol. The molecular formula is C12H20N2O3S. The Kier molecular flexibility index (Phi) is 5.74. The van der Waals surface area contributed by atoms with Gasteiger partial charge in [0.2, 0.25) is 10.0 Å². The van der Waals surface area contributed by atoms with E-state index in [1.165, 1.54) is 0 Å². The normalized spacial score (nSPS) is 12.0. The highest BCUT2D eigenvalue weighted by molar-refractivity contribution is 7.89. The fourth-order valence-corrected chi connectivity index (χ4v) is 2.59. The summed E-state index contributed by atoms with van der Waals surface area (Å²) in [4.78, 5) is 4.76. The molecule has 1 aromatic rings. The zero-order valence-electron chi connectivity index (χ0n) is 10.7. The highest BCUT2D eigenvalue weighted by Crippen LogP contribution is 2.11. The van der Waals surface area contributed by atoms with E-state index in [1.807, 2.05) is 13.8 Å². The Morgan fingerprint density at radius 2 is 1.89 bits per heavy atom. The van der Waals surface area contributed by atoms with Crippen LogP contribution in [-0.2, 0) is 21.3 Å². The number of benzene rings is 1. The van der Waals surface area contributed by atoms with E-state index in [4.69, 9.17) is 5.90 Å². The Morgan fingerprint density at radius 3 is 2.39 bits per heavy atom. The third-order valence-corrected chi connectivity index (χ3v) is 3.86. The van der Waals surface area contributed by atoms with Crippen molar-refractivity contribution < 1.29 is 13.3 Å². The first kappa shape index (κ1) is 15.1. The third kappa shape index (κ3) is 4.73. The molecule has 1 aromatic carbocycles. The maximum Gasteiger partial charge on any atom is 0.240 e. The summed E-state index contributed by atoms with van der Waals surface area (Å²) in [5, 5.41) is 0. The standard InChI is InChI=1S/C12H20N2O3S/c1-10(2)9-14-18(15,16)12-5-3-11(4-6-12)7-8-17-13/h3-6,10,14H,7-9,13H2,1-2H3. The van der Waals surface area contributed by atoms with Crippen molar-refractivity contribution in [2.45, 2.75) is 25.2 Å². The molecule has 0 aliphatic carbocycles. The van der Waals surface area contributed by atoms with Crippen molar-refractivity contribution in [3.8, 4) is 0 Å². The lowest BCUT2D eigenvalue weighted by atomic mass is 10.2. The average Bonchev–Trinajstić information content (AvgIpc) is 2.34. The van der Waals surface area contributed by atoms with E-state index < -0.39 is 10.0 Å². The molecule has 1 rings (SSSR count). The van der Waals surface area contributed by atoms with Crippen LogP contribution in [0.4, 0.5) is 0 Å². The summed E-state index contributed by atoms with van der Waals surface area (Å²) in [7, 11) is -3.40. The molecule has 0 saturated carbocycles. The van der Waals surface area contributed by atoms with Gasteiger partial charge < -0.3 is 4.84 Å². The smallest absolute Gasteiger partial charge is 0.240 e. The molecular weight excluding hydrogens is 252 g/mol. The van der Waals surface area contributed by atoms with Gasteiger partial charge in [-0.25, -0.2) is 19.0 Å². The SMILES string of the molecule is CC(C)CNS(=O)(=O)c1ccc(CCON)cc1. The minimum atomic E-state index is -3.40. The Hall–Kier alpha value is -0.950. The monoisotopic (exact) mass is 272 g/mol. The molecule has 0 aromatic heterocycles. The average molecular weight is 272 g/mol. The van der Waals surface area contributed by atoms with Crippen molar-refractivity contribution in [2.24, 2.45) is 11.8 Å². The molecule has 0 amide bonds. The Balaban J connectivity index is 2.71. The van der Waals surface area contributed by atoms with Crippen molar-refractivity contribution in [3.05, 3.63) is 29.8 Å². The van der Waals surface area contributed by atoms with E-state index in [1.54, 1.807) is 24.3 Å². The number of sulfonamides is 1. The van der Waals surface area contributed by atoms with Crippen LogP contribution in [0.25, 0.3) is 0 Å². The summed E-state index contributed by atoms with van der Waals surface area (Å²) >= 11 is 0. The van der Waals surface area contributed by atoms with Gasteiger partial charge >= 0.3 is 0 Å². The van der Waals surface area contributed by atoms with Gasteiger partial charge in [-0.15, -0.1) is 0 Å². The maximum atomic E-state index is 11.9. The van der Waals surface area contributed by atoms with E-state index in [2.05, 4.69) is 9.56 Å². The molecule has 0 unspecified atom stereocenters. The molecule has 0 bridgehead atoms. The largest absolute Gasteiger partial charge is 0.304 e. The van der Waals surface area contributed by atoms with E-state index >= 15 is 0 Å². The molecule has 102 valence electrons. The van der Waals surface area contributed by atoms with Crippen molar-refractivity contribution in [1.82, 2.24) is 4.72 Å². The number of nitrogens with two attached hydrogens (primary N) is 1. The van der Waals surface area contributed by atoms with Crippen LogP contribution >= 0.6 is 0 Å². The summed E-state index contributed by atoms with van der Waals surface area (Å²) in [5.41, 5.74) is 0.989. The predicted octanol–water partition coefficient (Wildman–Crippen LogP) is 1.05. The first-order chi connectivity index (χ1) is 8.45. The van der Waals surface area contributed by atoms with Gasteiger partial charge in [-0.2, -0.15) is 0 Å². The van der Waals surface area contributed by atoms with Crippen molar-refractivity contribution in [3.63, 3.8) is 0 Å². The van der Waals surface area contributed by atoms with E-state index in [0.29, 0.717) is 19.6 Å². The Bertz CT molecular complexity index is 455. The lowest BCUT2D eigenvalue weighted by Gasteiger charge is -2.09. The molecule has 3 N–H and O–H groups in total. The minimum absolute atomic E-state index is 0.278. The van der Waals surface area contributed by atoms with Gasteiger partial charge in [0.05, 0.1) is 11.5 Å². The van der Waals surface area contributed by atoms with Gasteiger partial charge in [0.25, 0.3) is 0 Å². The van der Waals surface area contributed by atoms with Crippen LogP contribution in [0.2, 0.25) is 0 Å². The second-order valence-electron chi connectivity index (χ2n) is 4.51. The molecule has 5 nitrogen and oxygen atoms in total. The summed E-state index contributed by atoms with van der Waals surface area (Å²) < 4.78 is 26.4. The van der Waals surface area contributed by atoms with E-state index in [-0.39, 0.29) is 10.8 Å². The Labute approximate surface area is 108 Å². The van der Waals surface area contributed by atoms with Crippen molar-refractivity contribution in [2.75, 3.05) is 13.2 Å². The van der Waals surface area contributed by atoms with Crippen LogP contribution in [0.15, 0.2) is 29.2 Å². The lowest BCUT2D eigenvalue weighted by molar-refractivity contribution is 0.141. The zero-order valence-corrected chi connectivity index (χ0v) is 11.5. The topological polar surface area (TPSA) is 81.4 Å². The number of hydrogen-bond donors (Lipinski definition) is 2. The van der Waals surface area contributed by atoms with Crippen LogP contribution < -0.4 is 10.6 Å². The molecule has 0 aliphatic heterocycles. The highest BCUT2D eigenvalue weighted by atomic mass is 32.2. The van der Waals surface area contributed by atoms with Crippen molar-refractivity contribution >= 4 is 10.0 Å². The number of rotatable bonds is 7. The first-order valence-electron chi connectivity index (χ1n) is 5.86. The van der Waals surface area contributed by atoms with Crippen LogP contribution in [0.1, 0.15) is 19.4 Å². The molecule has 0 fully saturated rings. The maximum absolute atomic E-state index is 11.9. The zero-order chi connectivity index (χ0) is 13.6. The van der Waals surface area contributed by atoms with E-state index in [9.17, 15) is 8.42 Å².